The van der Waals surface area contributed by atoms with Gasteiger partial charge in [-0.2, -0.15) is 5.10 Å². The van der Waals surface area contributed by atoms with E-state index in [0.717, 1.165) is 48.4 Å². The summed E-state index contributed by atoms with van der Waals surface area (Å²) in [6.07, 6.45) is 10.7. The van der Waals surface area contributed by atoms with Crippen LogP contribution in [0.4, 0.5) is 5.69 Å². The summed E-state index contributed by atoms with van der Waals surface area (Å²) in [5.74, 6) is 1.16. The number of rotatable bonds is 3. The number of amides is 1. The molecule has 1 amide bonds. The summed E-state index contributed by atoms with van der Waals surface area (Å²) >= 11 is 0. The standard InChI is InChI=1S/C27H34N4O/c1-27(2)12-10-21-24(16-27)29-30-25(21)23-14-18-8-9-19(15-22(18)28-23)31-13-11-20(26(31)32)17-6-4-3-5-7-17/h8-9,14-15,17,20,28H,3-7,10-13,16H2,1-2H3,(H,29,30). The average Bonchev–Trinajstić information content (AvgIpc) is 3.48. The molecule has 5 nitrogen and oxygen atoms in total. The summed E-state index contributed by atoms with van der Waals surface area (Å²) in [5.41, 5.74) is 7.22. The number of aromatic nitrogens is 3. The van der Waals surface area contributed by atoms with Crippen molar-refractivity contribution >= 4 is 22.5 Å². The molecule has 1 atom stereocenters. The van der Waals surface area contributed by atoms with Crippen LogP contribution in [-0.4, -0.2) is 27.6 Å². The monoisotopic (exact) mass is 430 g/mol. The van der Waals surface area contributed by atoms with Crippen LogP contribution < -0.4 is 4.90 Å². The Bertz CT molecular complexity index is 1160. The first-order valence-electron chi connectivity index (χ1n) is 12.5. The minimum Gasteiger partial charge on any atom is -0.353 e. The smallest absolute Gasteiger partial charge is 0.230 e. The summed E-state index contributed by atoms with van der Waals surface area (Å²) in [7, 11) is 0. The molecule has 2 fully saturated rings. The lowest BCUT2D eigenvalue weighted by Crippen LogP contribution is -2.30. The van der Waals surface area contributed by atoms with E-state index in [1.54, 1.807) is 0 Å². The van der Waals surface area contributed by atoms with Crippen molar-refractivity contribution in [3.8, 4) is 11.4 Å². The van der Waals surface area contributed by atoms with Crippen LogP contribution in [0, 0.1) is 17.3 Å². The molecule has 1 saturated carbocycles. The predicted octanol–water partition coefficient (Wildman–Crippen LogP) is 6.01. The van der Waals surface area contributed by atoms with Crippen LogP contribution in [0.1, 0.15) is 70.1 Å². The molecule has 1 aliphatic heterocycles. The molecule has 5 heteroatoms. The molecule has 3 heterocycles. The van der Waals surface area contributed by atoms with Crippen LogP contribution in [0.5, 0.6) is 0 Å². The van der Waals surface area contributed by atoms with Gasteiger partial charge in [-0.05, 0) is 68.1 Å². The van der Waals surface area contributed by atoms with Crippen molar-refractivity contribution in [1.29, 1.82) is 0 Å². The number of hydrogen-bond acceptors (Lipinski definition) is 2. The predicted molar refractivity (Wildman–Crippen MR) is 129 cm³/mol. The molecule has 3 aromatic rings. The highest BCUT2D eigenvalue weighted by Crippen LogP contribution is 2.40. The molecular formula is C27H34N4O. The molecule has 0 radical (unpaired) electrons. The number of H-pyrrole nitrogens is 2. The Morgan fingerprint density at radius 2 is 1.94 bits per heavy atom. The number of nitrogens with zero attached hydrogens (tertiary/aromatic N) is 2. The summed E-state index contributed by atoms with van der Waals surface area (Å²) in [6.45, 7) is 5.51. The molecule has 0 bridgehead atoms. The van der Waals surface area contributed by atoms with E-state index in [2.05, 4.69) is 53.3 Å². The third kappa shape index (κ3) is 3.37. The van der Waals surface area contributed by atoms with Gasteiger partial charge in [-0.15, -0.1) is 0 Å². The van der Waals surface area contributed by atoms with Gasteiger partial charge >= 0.3 is 0 Å². The minimum absolute atomic E-state index is 0.227. The maximum absolute atomic E-state index is 13.2. The summed E-state index contributed by atoms with van der Waals surface area (Å²) in [6, 6.07) is 8.62. The van der Waals surface area contributed by atoms with Gasteiger partial charge < -0.3 is 9.88 Å². The molecule has 0 spiro atoms. The zero-order valence-corrected chi connectivity index (χ0v) is 19.3. The summed E-state index contributed by atoms with van der Waals surface area (Å²) < 4.78 is 0. The fourth-order valence-electron chi connectivity index (χ4n) is 6.41. The third-order valence-electron chi connectivity index (χ3n) is 8.30. The molecule has 1 unspecified atom stereocenters. The zero-order chi connectivity index (χ0) is 21.9. The number of fused-ring (bicyclic) bond motifs is 2. The first-order valence-corrected chi connectivity index (χ1v) is 12.5. The SMILES string of the molecule is CC1(C)CCc2c(-c3cc4ccc(N5CCC(C6CCCCC6)C5=O)cc4[nH]3)n[nH]c2C1. The van der Waals surface area contributed by atoms with Crippen molar-refractivity contribution in [2.24, 2.45) is 17.3 Å². The number of carbonyl (C=O) groups excluding carboxylic acids is 1. The summed E-state index contributed by atoms with van der Waals surface area (Å²) in [5, 5.41) is 9.15. The lowest BCUT2D eigenvalue weighted by atomic mass is 9.76. The van der Waals surface area contributed by atoms with Gasteiger partial charge in [0.25, 0.3) is 0 Å². The largest absolute Gasteiger partial charge is 0.353 e. The van der Waals surface area contributed by atoms with E-state index < -0.39 is 0 Å². The summed E-state index contributed by atoms with van der Waals surface area (Å²) in [4.78, 5) is 18.9. The van der Waals surface area contributed by atoms with Gasteiger partial charge in [0, 0.05) is 40.3 Å². The molecule has 3 aliphatic rings. The lowest BCUT2D eigenvalue weighted by Gasteiger charge is -2.28. The Morgan fingerprint density at radius 1 is 1.09 bits per heavy atom. The fourth-order valence-corrected chi connectivity index (χ4v) is 6.41. The van der Waals surface area contributed by atoms with E-state index in [1.165, 1.54) is 55.2 Å². The van der Waals surface area contributed by atoms with Crippen molar-refractivity contribution < 1.29 is 4.79 Å². The average molecular weight is 431 g/mol. The number of carbonyl (C=O) groups is 1. The maximum Gasteiger partial charge on any atom is 0.230 e. The number of aromatic amines is 2. The second kappa shape index (κ2) is 7.50. The van der Waals surface area contributed by atoms with Crippen molar-refractivity contribution in [2.75, 3.05) is 11.4 Å². The minimum atomic E-state index is 0.227. The van der Waals surface area contributed by atoms with Crippen LogP contribution in [0.15, 0.2) is 24.3 Å². The molecule has 1 saturated heterocycles. The second-order valence-corrected chi connectivity index (χ2v) is 11.1. The Balaban J connectivity index is 1.27. The van der Waals surface area contributed by atoms with Crippen molar-refractivity contribution in [2.45, 2.75) is 71.6 Å². The highest BCUT2D eigenvalue weighted by Gasteiger charge is 2.38. The molecule has 6 rings (SSSR count). The van der Waals surface area contributed by atoms with E-state index in [0.29, 0.717) is 17.2 Å². The van der Waals surface area contributed by atoms with Gasteiger partial charge in [0.2, 0.25) is 5.91 Å². The Hall–Kier alpha value is -2.56. The van der Waals surface area contributed by atoms with E-state index in [1.807, 2.05) is 4.90 Å². The van der Waals surface area contributed by atoms with Crippen LogP contribution in [0.2, 0.25) is 0 Å². The highest BCUT2D eigenvalue weighted by molar-refractivity contribution is 5.99. The van der Waals surface area contributed by atoms with E-state index in [4.69, 9.17) is 0 Å². The molecule has 168 valence electrons. The van der Waals surface area contributed by atoms with Gasteiger partial charge in [-0.25, -0.2) is 0 Å². The van der Waals surface area contributed by atoms with Crippen LogP contribution in [-0.2, 0) is 17.6 Å². The van der Waals surface area contributed by atoms with Crippen LogP contribution in [0.25, 0.3) is 22.3 Å². The molecule has 32 heavy (non-hydrogen) atoms. The van der Waals surface area contributed by atoms with E-state index >= 15 is 0 Å². The van der Waals surface area contributed by atoms with Gasteiger partial charge in [-0.1, -0.05) is 39.2 Å². The molecule has 2 N–H and O–H groups in total. The van der Waals surface area contributed by atoms with E-state index in [9.17, 15) is 4.79 Å². The van der Waals surface area contributed by atoms with Gasteiger partial charge in [0.1, 0.15) is 5.69 Å². The van der Waals surface area contributed by atoms with Crippen LogP contribution >= 0.6 is 0 Å². The van der Waals surface area contributed by atoms with Crippen molar-refractivity contribution in [3.63, 3.8) is 0 Å². The topological polar surface area (TPSA) is 64.8 Å². The fraction of sp³-hybridized carbons (Fsp3) is 0.556. The third-order valence-corrected chi connectivity index (χ3v) is 8.30. The van der Waals surface area contributed by atoms with Gasteiger partial charge in [-0.3, -0.25) is 9.89 Å². The first-order chi connectivity index (χ1) is 15.5. The van der Waals surface area contributed by atoms with E-state index in [-0.39, 0.29) is 5.92 Å². The molecule has 1 aromatic carbocycles. The Labute approximate surface area is 190 Å². The lowest BCUT2D eigenvalue weighted by molar-refractivity contribution is -0.122. The van der Waals surface area contributed by atoms with Crippen molar-refractivity contribution in [3.05, 3.63) is 35.5 Å². The maximum atomic E-state index is 13.2. The Morgan fingerprint density at radius 3 is 2.78 bits per heavy atom. The van der Waals surface area contributed by atoms with Crippen molar-refractivity contribution in [1.82, 2.24) is 15.2 Å². The molecule has 2 aliphatic carbocycles. The second-order valence-electron chi connectivity index (χ2n) is 11.1. The van der Waals surface area contributed by atoms with Gasteiger partial charge in [0.15, 0.2) is 0 Å². The number of hydrogen-bond donors (Lipinski definition) is 2. The highest BCUT2D eigenvalue weighted by atomic mass is 16.2. The Kier molecular flexibility index (Phi) is 4.70. The van der Waals surface area contributed by atoms with Crippen LogP contribution in [0.3, 0.4) is 0 Å². The number of anilines is 1. The normalized spacial score (nSPS) is 23.8. The van der Waals surface area contributed by atoms with Gasteiger partial charge in [0.05, 0.1) is 5.69 Å². The molecule has 2 aromatic heterocycles. The molecular weight excluding hydrogens is 396 g/mol. The number of nitrogens with one attached hydrogen (secondary N) is 2. The number of benzene rings is 1. The first kappa shape index (κ1) is 20.1. The zero-order valence-electron chi connectivity index (χ0n) is 19.3. The quantitative estimate of drug-likeness (QED) is 0.535.